The number of aromatic nitrogens is 1. The van der Waals surface area contributed by atoms with E-state index in [0.29, 0.717) is 13.3 Å². The maximum Gasteiger partial charge on any atom is 0.231 e. The number of thiazole rings is 1. The first-order valence-corrected chi connectivity index (χ1v) is 5.79. The third-order valence-electron chi connectivity index (χ3n) is 2.38. The molecule has 0 fully saturated rings. The predicted molar refractivity (Wildman–Crippen MR) is 61.6 cm³/mol. The van der Waals surface area contributed by atoms with E-state index in [1.807, 2.05) is 23.6 Å². The molecule has 5 heteroatoms. The standard InChI is InChI=1S/C11H10N2O2S/c12-4-8-5-16-11(13-8)7-1-2-9-10(3-7)15-6-14-9/h1-3,5H,4,6,12H2. The van der Waals surface area contributed by atoms with Crippen LogP contribution in [0, 0.1) is 0 Å². The lowest BCUT2D eigenvalue weighted by molar-refractivity contribution is 0.174. The first-order valence-electron chi connectivity index (χ1n) is 4.91. The van der Waals surface area contributed by atoms with Gasteiger partial charge < -0.3 is 15.2 Å². The molecule has 0 unspecified atom stereocenters. The first-order chi connectivity index (χ1) is 7.86. The van der Waals surface area contributed by atoms with Crippen molar-refractivity contribution in [2.24, 2.45) is 5.73 Å². The van der Waals surface area contributed by atoms with Gasteiger partial charge in [0.15, 0.2) is 11.5 Å². The van der Waals surface area contributed by atoms with Crippen LogP contribution >= 0.6 is 11.3 Å². The average Bonchev–Trinajstić information content (AvgIpc) is 2.96. The molecular weight excluding hydrogens is 224 g/mol. The van der Waals surface area contributed by atoms with Crippen LogP contribution in [-0.2, 0) is 6.54 Å². The summed E-state index contributed by atoms with van der Waals surface area (Å²) in [6.07, 6.45) is 0. The summed E-state index contributed by atoms with van der Waals surface area (Å²) in [6, 6.07) is 5.83. The summed E-state index contributed by atoms with van der Waals surface area (Å²) in [5.41, 5.74) is 7.48. The molecular formula is C11H10N2O2S. The van der Waals surface area contributed by atoms with Gasteiger partial charge in [-0.05, 0) is 18.2 Å². The van der Waals surface area contributed by atoms with E-state index in [-0.39, 0.29) is 0 Å². The number of ether oxygens (including phenoxy) is 2. The van der Waals surface area contributed by atoms with Gasteiger partial charge in [-0.3, -0.25) is 0 Å². The number of benzene rings is 1. The molecule has 0 saturated carbocycles. The van der Waals surface area contributed by atoms with Gasteiger partial charge in [0.1, 0.15) is 5.01 Å². The van der Waals surface area contributed by atoms with Crippen LogP contribution in [-0.4, -0.2) is 11.8 Å². The van der Waals surface area contributed by atoms with Gasteiger partial charge in [-0.1, -0.05) is 0 Å². The van der Waals surface area contributed by atoms with Gasteiger partial charge in [-0.2, -0.15) is 0 Å². The second-order valence-corrected chi connectivity index (χ2v) is 4.27. The second-order valence-electron chi connectivity index (χ2n) is 3.42. The van der Waals surface area contributed by atoms with Crippen LogP contribution in [0.15, 0.2) is 23.6 Å². The van der Waals surface area contributed by atoms with Crippen LogP contribution < -0.4 is 15.2 Å². The Morgan fingerprint density at radius 2 is 2.19 bits per heavy atom. The van der Waals surface area contributed by atoms with E-state index in [9.17, 15) is 0 Å². The molecule has 1 aliphatic heterocycles. The fraction of sp³-hybridized carbons (Fsp3) is 0.182. The highest BCUT2D eigenvalue weighted by Crippen LogP contribution is 2.36. The van der Waals surface area contributed by atoms with Crippen LogP contribution in [0.3, 0.4) is 0 Å². The molecule has 0 atom stereocenters. The summed E-state index contributed by atoms with van der Waals surface area (Å²) in [4.78, 5) is 4.42. The first kappa shape index (κ1) is 9.62. The highest BCUT2D eigenvalue weighted by Gasteiger charge is 2.14. The molecule has 0 amide bonds. The summed E-state index contributed by atoms with van der Waals surface area (Å²) in [7, 11) is 0. The van der Waals surface area contributed by atoms with Crippen LogP contribution in [0.4, 0.5) is 0 Å². The van der Waals surface area contributed by atoms with Crippen molar-refractivity contribution in [2.75, 3.05) is 6.79 Å². The van der Waals surface area contributed by atoms with Gasteiger partial charge in [-0.15, -0.1) is 11.3 Å². The van der Waals surface area contributed by atoms with Crippen molar-refractivity contribution in [1.82, 2.24) is 4.98 Å². The molecule has 0 spiro atoms. The van der Waals surface area contributed by atoms with Crippen LogP contribution in [0.5, 0.6) is 11.5 Å². The lowest BCUT2D eigenvalue weighted by atomic mass is 10.2. The van der Waals surface area contributed by atoms with Crippen molar-refractivity contribution in [1.29, 1.82) is 0 Å². The highest BCUT2D eigenvalue weighted by molar-refractivity contribution is 7.13. The zero-order valence-electron chi connectivity index (χ0n) is 8.47. The highest BCUT2D eigenvalue weighted by atomic mass is 32.1. The molecule has 1 aromatic carbocycles. The lowest BCUT2D eigenvalue weighted by Gasteiger charge is -1.98. The maximum atomic E-state index is 5.53. The SMILES string of the molecule is NCc1csc(-c2ccc3c(c2)OCO3)n1. The third-order valence-corrected chi connectivity index (χ3v) is 3.32. The molecule has 2 heterocycles. The van der Waals surface area contributed by atoms with Gasteiger partial charge >= 0.3 is 0 Å². The fourth-order valence-electron chi connectivity index (χ4n) is 1.56. The molecule has 4 nitrogen and oxygen atoms in total. The van der Waals surface area contributed by atoms with Crippen LogP contribution in [0.25, 0.3) is 10.6 Å². The van der Waals surface area contributed by atoms with Gasteiger partial charge in [0.05, 0.1) is 5.69 Å². The Morgan fingerprint density at radius 1 is 1.31 bits per heavy atom. The lowest BCUT2D eigenvalue weighted by Crippen LogP contribution is -1.95. The predicted octanol–water partition coefficient (Wildman–Crippen LogP) is 2.00. The van der Waals surface area contributed by atoms with Crippen LogP contribution in [0.1, 0.15) is 5.69 Å². The number of rotatable bonds is 2. The number of hydrogen-bond acceptors (Lipinski definition) is 5. The molecule has 0 aliphatic carbocycles. The van der Waals surface area contributed by atoms with Crippen molar-refractivity contribution in [3.8, 4) is 22.1 Å². The minimum Gasteiger partial charge on any atom is -0.454 e. The summed E-state index contributed by atoms with van der Waals surface area (Å²) < 4.78 is 10.6. The molecule has 82 valence electrons. The minimum atomic E-state index is 0.296. The van der Waals surface area contributed by atoms with Gasteiger partial charge in [0, 0.05) is 17.5 Å². The number of nitrogens with two attached hydrogens (primary N) is 1. The van der Waals surface area contributed by atoms with Crippen molar-refractivity contribution in [2.45, 2.75) is 6.54 Å². The Labute approximate surface area is 96.6 Å². The minimum absolute atomic E-state index is 0.296. The van der Waals surface area contributed by atoms with Gasteiger partial charge in [0.25, 0.3) is 0 Å². The van der Waals surface area contributed by atoms with E-state index in [4.69, 9.17) is 15.2 Å². The van der Waals surface area contributed by atoms with Crippen molar-refractivity contribution in [3.63, 3.8) is 0 Å². The van der Waals surface area contributed by atoms with Gasteiger partial charge in [-0.25, -0.2) is 4.98 Å². The quantitative estimate of drug-likeness (QED) is 0.863. The van der Waals surface area contributed by atoms with E-state index in [1.165, 1.54) is 0 Å². The topological polar surface area (TPSA) is 57.4 Å². The summed E-state index contributed by atoms with van der Waals surface area (Å²) in [5.74, 6) is 1.57. The maximum absolute atomic E-state index is 5.53. The fourth-order valence-corrected chi connectivity index (χ4v) is 2.39. The summed E-state index contributed by atoms with van der Waals surface area (Å²) in [6.45, 7) is 0.770. The Morgan fingerprint density at radius 3 is 3.00 bits per heavy atom. The monoisotopic (exact) mass is 234 g/mol. The van der Waals surface area contributed by atoms with Crippen molar-refractivity contribution >= 4 is 11.3 Å². The molecule has 2 aromatic rings. The second kappa shape index (κ2) is 3.77. The van der Waals surface area contributed by atoms with E-state index in [1.54, 1.807) is 11.3 Å². The van der Waals surface area contributed by atoms with E-state index >= 15 is 0 Å². The molecule has 1 aliphatic rings. The normalized spacial score (nSPS) is 13.1. The van der Waals surface area contributed by atoms with E-state index in [2.05, 4.69) is 4.98 Å². The molecule has 3 rings (SSSR count). The molecule has 2 N–H and O–H groups in total. The van der Waals surface area contributed by atoms with Crippen LogP contribution in [0.2, 0.25) is 0 Å². The Bertz CT molecular complexity index is 524. The molecule has 0 saturated heterocycles. The van der Waals surface area contributed by atoms with Crippen molar-refractivity contribution < 1.29 is 9.47 Å². The molecule has 0 radical (unpaired) electrons. The zero-order valence-corrected chi connectivity index (χ0v) is 9.29. The number of hydrogen-bond donors (Lipinski definition) is 1. The number of nitrogens with zero attached hydrogens (tertiary/aromatic N) is 1. The summed E-state index contributed by atoms with van der Waals surface area (Å²) in [5, 5.41) is 2.93. The molecule has 1 aromatic heterocycles. The third kappa shape index (κ3) is 1.54. The Balaban J connectivity index is 2.00. The Kier molecular flexibility index (Phi) is 2.27. The summed E-state index contributed by atoms with van der Waals surface area (Å²) >= 11 is 1.59. The zero-order chi connectivity index (χ0) is 11.0. The largest absolute Gasteiger partial charge is 0.454 e. The molecule has 0 bridgehead atoms. The average molecular weight is 234 g/mol. The number of fused-ring (bicyclic) bond motifs is 1. The van der Waals surface area contributed by atoms with Crippen molar-refractivity contribution in [3.05, 3.63) is 29.3 Å². The van der Waals surface area contributed by atoms with Gasteiger partial charge in [0.2, 0.25) is 6.79 Å². The Hall–Kier alpha value is -1.59. The smallest absolute Gasteiger partial charge is 0.231 e. The van der Waals surface area contributed by atoms with E-state index in [0.717, 1.165) is 27.8 Å². The molecule has 16 heavy (non-hydrogen) atoms. The van der Waals surface area contributed by atoms with E-state index < -0.39 is 0 Å².